The predicted octanol–water partition coefficient (Wildman–Crippen LogP) is 20.0. The van der Waals surface area contributed by atoms with E-state index in [4.69, 9.17) is 49.3 Å². The Kier molecular flexibility index (Phi) is 33.8. The predicted molar refractivity (Wildman–Crippen MR) is 362 cm³/mol. The zero-order valence-electron chi connectivity index (χ0n) is 52.9. The van der Waals surface area contributed by atoms with Crippen molar-refractivity contribution in [1.82, 2.24) is 0 Å². The van der Waals surface area contributed by atoms with Crippen molar-refractivity contribution in [2.24, 2.45) is 0 Å². The van der Waals surface area contributed by atoms with E-state index in [-0.39, 0.29) is 34.3 Å². The van der Waals surface area contributed by atoms with Crippen molar-refractivity contribution in [3.05, 3.63) is 75.2 Å². The molecule has 0 aromatic heterocycles. The topological polar surface area (TPSA) is 142 Å². The van der Waals surface area contributed by atoms with Gasteiger partial charge in [-0.2, -0.15) is 0 Å². The molecule has 0 spiro atoms. The summed E-state index contributed by atoms with van der Waals surface area (Å²) in [4.78, 5) is 22.4. The molecule has 0 amide bonds. The molecule has 17 heteroatoms. The average Bonchev–Trinajstić information content (AvgIpc) is 2.76. The molecule has 3 heterocycles. The zero-order chi connectivity index (χ0) is 61.0. The van der Waals surface area contributed by atoms with Crippen LogP contribution in [0.25, 0.3) is 5.57 Å². The summed E-state index contributed by atoms with van der Waals surface area (Å²) in [7, 11) is 12.9. The first kappa shape index (κ1) is 73.0. The summed E-state index contributed by atoms with van der Waals surface area (Å²) in [5, 5.41) is 0. The first-order chi connectivity index (χ1) is 41.1. The van der Waals surface area contributed by atoms with Crippen molar-refractivity contribution in [3.8, 4) is 0 Å². The van der Waals surface area contributed by atoms with E-state index in [0.717, 1.165) is 36.1 Å². The van der Waals surface area contributed by atoms with Crippen molar-refractivity contribution in [2.75, 3.05) is 52.1 Å². The second kappa shape index (κ2) is 39.4. The van der Waals surface area contributed by atoms with Crippen LogP contribution in [0.5, 0.6) is 0 Å². The number of benzene rings is 2. The summed E-state index contributed by atoms with van der Waals surface area (Å²) in [6, 6.07) is 10.4. The SMILES string of the molecule is C1CCC(P(C2CCCCC2)C2CCCCC2)CC1.C1CCC(P(C2CCCCC2)C2CCCCC2)CC1.CC1(C)OB(C2=CCOCC2)OC1(C)C.COC(=O)c1ccc(Br)cc1N.COC(=O)c1ccc(C2=CCOCC2)cc1N.[Cl][Pd][Cl]. The van der Waals surface area contributed by atoms with Crippen LogP contribution in [-0.4, -0.2) is 105 Å². The quantitative estimate of drug-likeness (QED) is 0.102. The number of esters is 2. The van der Waals surface area contributed by atoms with Crippen LogP contribution in [0.1, 0.15) is 259 Å². The molecule has 2 aromatic carbocycles. The minimum absolute atomic E-state index is 0.106. The standard InChI is InChI=1S/2C18H33P.C13H15NO3.C11H19BO3.C8H8BrNO2.2ClH.Pd/c2*1-4-10-16(11-5-1)19(17-12-6-2-7-13-17)18-14-8-3-9-15-18;1-16-13(15)11-3-2-10(8-12(11)14)9-4-6-17-7-5-9;1-10(2)11(3,4)15-12(14-10)9-5-7-13-8-6-9;1-12-8(11)6-3-2-5(9)4-7(6)10;;;/h2*16-18H,1-15H2;2-4,8H,5-7,14H2,1H3;5H,6-8H2,1-4H3;2-4H,10H2,1H3;2*1H;/q;;;;;;;+2/p-2. The summed E-state index contributed by atoms with van der Waals surface area (Å²) in [5.41, 5.74) is 23.2. The first-order valence-corrected chi connectivity index (χ1v) is 40.9. The van der Waals surface area contributed by atoms with Crippen LogP contribution in [0.4, 0.5) is 11.4 Å². The molecule has 0 bridgehead atoms. The van der Waals surface area contributed by atoms with E-state index in [1.54, 1.807) is 178 Å². The Balaban J connectivity index is 0.000000170. The third-order valence-corrected chi connectivity index (χ3v) is 28.4. The van der Waals surface area contributed by atoms with Crippen LogP contribution in [0, 0.1) is 0 Å². The molecule has 9 aliphatic rings. The molecule has 3 aliphatic heterocycles. The van der Waals surface area contributed by atoms with E-state index >= 15 is 0 Å². The molecular formula is C68H108BBrCl2N2O8P2Pd. The summed E-state index contributed by atoms with van der Waals surface area (Å²) in [6.07, 6.45) is 53.1. The molecule has 2 aromatic rings. The number of carbonyl (C=O) groups excluding carboxylic acids is 2. The molecule has 4 N–H and O–H groups in total. The molecule has 1 saturated heterocycles. The van der Waals surface area contributed by atoms with Gasteiger partial charge in [-0.25, -0.2) is 9.59 Å². The van der Waals surface area contributed by atoms with E-state index in [1.165, 1.54) is 97.7 Å². The fraction of sp³-hybridized carbons (Fsp3) is 0.735. The van der Waals surface area contributed by atoms with Gasteiger partial charge < -0.3 is 39.7 Å². The van der Waals surface area contributed by atoms with E-state index in [2.05, 4.69) is 59.2 Å². The van der Waals surface area contributed by atoms with Crippen molar-refractivity contribution in [3.63, 3.8) is 0 Å². The van der Waals surface area contributed by atoms with Crippen LogP contribution in [0.15, 0.2) is 58.5 Å². The number of halogens is 3. The third-order valence-electron chi connectivity index (χ3n) is 19.7. The summed E-state index contributed by atoms with van der Waals surface area (Å²) in [5.74, 6) is -0.824. The molecule has 11 rings (SSSR count). The monoisotopic (exact) mass is 1410 g/mol. The zero-order valence-corrected chi connectivity index (χ0v) is 59.3. The Bertz CT molecular complexity index is 2180. The Labute approximate surface area is 542 Å². The number of methoxy groups -OCH3 is 2. The molecule has 7 fully saturated rings. The molecule has 0 atom stereocenters. The fourth-order valence-electron chi connectivity index (χ4n) is 14.5. The van der Waals surface area contributed by atoms with Gasteiger partial charge in [0.15, 0.2) is 0 Å². The van der Waals surface area contributed by atoms with E-state index in [1.807, 2.05) is 18.2 Å². The van der Waals surface area contributed by atoms with E-state index < -0.39 is 11.9 Å². The van der Waals surface area contributed by atoms with Gasteiger partial charge in [0.05, 0.1) is 63.0 Å². The Morgan fingerprint density at radius 3 is 1.15 bits per heavy atom. The second-order valence-corrected chi connectivity index (χ2v) is 35.4. The molecule has 0 unspecified atom stereocenters. The van der Waals surface area contributed by atoms with Gasteiger partial charge in [0.25, 0.3) is 0 Å². The number of nitrogen functional groups attached to an aromatic ring is 2. The normalized spacial score (nSPS) is 22.7. The van der Waals surface area contributed by atoms with Gasteiger partial charge in [0.1, 0.15) is 0 Å². The van der Waals surface area contributed by atoms with Gasteiger partial charge in [-0.1, -0.05) is 166 Å². The van der Waals surface area contributed by atoms with Crippen LogP contribution in [0.2, 0.25) is 0 Å². The minimum atomic E-state index is -0.417. The Hall–Kier alpha value is -1.05. The molecule has 482 valence electrons. The summed E-state index contributed by atoms with van der Waals surface area (Å²) < 4.78 is 32.5. The van der Waals surface area contributed by atoms with Crippen LogP contribution in [-0.2, 0) is 44.2 Å². The number of nitrogens with two attached hydrogens (primary N) is 2. The van der Waals surface area contributed by atoms with Gasteiger partial charge in [-0.05, 0) is 198 Å². The van der Waals surface area contributed by atoms with Crippen molar-refractivity contribution in [1.29, 1.82) is 0 Å². The number of anilines is 2. The maximum atomic E-state index is 11.4. The number of carbonyl (C=O) groups is 2. The maximum absolute atomic E-state index is 11.4. The average molecular weight is 1410 g/mol. The summed E-state index contributed by atoms with van der Waals surface area (Å²) in [6.45, 7) is 11.1. The second-order valence-electron chi connectivity index (χ2n) is 26.0. The van der Waals surface area contributed by atoms with Gasteiger partial charge in [0, 0.05) is 15.8 Å². The Morgan fingerprint density at radius 1 is 0.529 bits per heavy atom. The van der Waals surface area contributed by atoms with Crippen LogP contribution >= 0.6 is 50.8 Å². The molecule has 85 heavy (non-hydrogen) atoms. The molecule has 6 saturated carbocycles. The molecular weight excluding hydrogens is 1300 g/mol. The van der Waals surface area contributed by atoms with Crippen molar-refractivity contribution < 1.29 is 53.8 Å². The molecule has 0 radical (unpaired) electrons. The number of ether oxygens (including phenoxy) is 4. The number of hydrogen-bond donors (Lipinski definition) is 2. The summed E-state index contributed by atoms with van der Waals surface area (Å²) >= 11 is 3.13. The number of hydrogen-bond acceptors (Lipinski definition) is 10. The Morgan fingerprint density at radius 2 is 0.859 bits per heavy atom. The van der Waals surface area contributed by atoms with E-state index in [0.29, 0.717) is 51.6 Å². The first-order valence-electron chi connectivity index (χ1n) is 33.0. The van der Waals surface area contributed by atoms with Crippen molar-refractivity contribution in [2.45, 2.75) is 278 Å². The van der Waals surface area contributed by atoms with Crippen LogP contribution < -0.4 is 11.5 Å². The van der Waals surface area contributed by atoms with Gasteiger partial charge >= 0.3 is 54.1 Å². The fourth-order valence-corrected chi connectivity index (χ4v) is 24.2. The molecule has 10 nitrogen and oxygen atoms in total. The van der Waals surface area contributed by atoms with Crippen molar-refractivity contribution >= 4 is 86.8 Å². The number of rotatable bonds is 10. The molecule has 6 aliphatic carbocycles. The van der Waals surface area contributed by atoms with Gasteiger partial charge in [-0.15, -0.1) is 0 Å². The third kappa shape index (κ3) is 23.5. The van der Waals surface area contributed by atoms with Gasteiger partial charge in [0.2, 0.25) is 0 Å². The van der Waals surface area contributed by atoms with E-state index in [9.17, 15) is 9.59 Å². The van der Waals surface area contributed by atoms with Gasteiger partial charge in [-0.3, -0.25) is 0 Å². The van der Waals surface area contributed by atoms with Crippen LogP contribution in [0.3, 0.4) is 0 Å².